The van der Waals surface area contributed by atoms with Crippen LogP contribution < -0.4 is 5.32 Å². The molecule has 156 valence electrons. The lowest BCUT2D eigenvalue weighted by molar-refractivity contribution is -0.111. The third-order valence-electron chi connectivity index (χ3n) is 4.74. The zero-order valence-electron chi connectivity index (χ0n) is 16.7. The van der Waals surface area contributed by atoms with E-state index in [0.717, 1.165) is 11.1 Å². The van der Waals surface area contributed by atoms with Crippen LogP contribution in [0.15, 0.2) is 94.0 Å². The molecule has 1 N–H and O–H groups in total. The fourth-order valence-electron chi connectivity index (χ4n) is 3.18. The summed E-state index contributed by atoms with van der Waals surface area (Å²) in [4.78, 5) is 20.8. The van der Waals surface area contributed by atoms with Crippen LogP contribution in [0.25, 0.3) is 40.0 Å². The maximum Gasteiger partial charge on any atom is 0.248 e. The normalized spacial score (nSPS) is 11.3. The van der Waals surface area contributed by atoms with Gasteiger partial charge in [0.1, 0.15) is 17.0 Å². The number of nitrogens with one attached hydrogen (secondary N) is 1. The first kappa shape index (κ1) is 19.8. The number of oxazole rings is 1. The van der Waals surface area contributed by atoms with E-state index in [9.17, 15) is 4.79 Å². The number of halogens is 1. The minimum atomic E-state index is -0.286. The van der Waals surface area contributed by atoms with Gasteiger partial charge < -0.3 is 14.2 Å². The van der Waals surface area contributed by atoms with Gasteiger partial charge in [-0.2, -0.15) is 0 Å². The van der Waals surface area contributed by atoms with Crippen LogP contribution in [0.2, 0.25) is 5.02 Å². The molecule has 5 rings (SSSR count). The van der Waals surface area contributed by atoms with Gasteiger partial charge in [0, 0.05) is 40.3 Å². The zero-order chi connectivity index (χ0) is 21.9. The topological polar surface area (TPSA) is 81.2 Å². The lowest BCUT2D eigenvalue weighted by atomic mass is 10.2. The van der Waals surface area contributed by atoms with Gasteiger partial charge in [0.2, 0.25) is 11.8 Å². The standard InChI is InChI=1S/C25H16ClN3O3/c26-18-3-1-16(2-4-18)22-9-6-20(31-22)7-10-24(30)28-19-5-8-23-21(15-19)29-25(32-23)17-11-13-27-14-12-17/h1-15H,(H,28,30)/b10-7+. The molecule has 5 aromatic rings. The first-order chi connectivity index (χ1) is 15.6. The van der Waals surface area contributed by atoms with Gasteiger partial charge in [-0.1, -0.05) is 11.6 Å². The number of pyridine rings is 1. The van der Waals surface area contributed by atoms with E-state index in [4.69, 9.17) is 20.4 Å². The van der Waals surface area contributed by atoms with E-state index in [-0.39, 0.29) is 5.91 Å². The molecule has 32 heavy (non-hydrogen) atoms. The quantitative estimate of drug-likeness (QED) is 0.317. The number of aromatic nitrogens is 2. The molecule has 3 aromatic heterocycles. The van der Waals surface area contributed by atoms with Crippen molar-refractivity contribution in [3.63, 3.8) is 0 Å². The van der Waals surface area contributed by atoms with Crippen molar-refractivity contribution in [3.8, 4) is 22.8 Å². The molecule has 7 heteroatoms. The maximum atomic E-state index is 12.4. The Kier molecular flexibility index (Phi) is 5.27. The number of furan rings is 1. The van der Waals surface area contributed by atoms with Crippen LogP contribution in [0, 0.1) is 0 Å². The zero-order valence-corrected chi connectivity index (χ0v) is 17.4. The lowest BCUT2D eigenvalue weighted by Crippen LogP contribution is -2.07. The number of anilines is 1. The van der Waals surface area contributed by atoms with Gasteiger partial charge in [-0.25, -0.2) is 4.98 Å². The van der Waals surface area contributed by atoms with Crippen molar-refractivity contribution in [3.05, 3.63) is 96.0 Å². The summed E-state index contributed by atoms with van der Waals surface area (Å²) in [6.07, 6.45) is 6.39. The number of nitrogens with zero attached hydrogens (tertiary/aromatic N) is 2. The Balaban J connectivity index is 1.27. The van der Waals surface area contributed by atoms with Gasteiger partial charge in [0.05, 0.1) is 0 Å². The van der Waals surface area contributed by atoms with Crippen LogP contribution in [0.4, 0.5) is 5.69 Å². The highest BCUT2D eigenvalue weighted by Gasteiger charge is 2.09. The molecule has 0 spiro atoms. The van der Waals surface area contributed by atoms with Gasteiger partial charge >= 0.3 is 0 Å². The van der Waals surface area contributed by atoms with E-state index < -0.39 is 0 Å². The number of hydrogen-bond donors (Lipinski definition) is 1. The number of benzene rings is 2. The highest BCUT2D eigenvalue weighted by Crippen LogP contribution is 2.26. The van der Waals surface area contributed by atoms with Crippen LogP contribution in [0.5, 0.6) is 0 Å². The van der Waals surface area contributed by atoms with Gasteiger partial charge in [-0.15, -0.1) is 0 Å². The van der Waals surface area contributed by atoms with Crippen LogP contribution in [0.3, 0.4) is 0 Å². The summed E-state index contributed by atoms with van der Waals surface area (Å²) in [5.74, 6) is 1.48. The van der Waals surface area contributed by atoms with Crippen molar-refractivity contribution in [2.45, 2.75) is 0 Å². The van der Waals surface area contributed by atoms with Crippen molar-refractivity contribution in [1.82, 2.24) is 9.97 Å². The molecule has 0 bridgehead atoms. The van der Waals surface area contributed by atoms with Gasteiger partial charge in [-0.05, 0) is 72.8 Å². The van der Waals surface area contributed by atoms with Crippen molar-refractivity contribution in [2.75, 3.05) is 5.32 Å². The van der Waals surface area contributed by atoms with E-state index in [2.05, 4.69) is 15.3 Å². The molecular weight excluding hydrogens is 426 g/mol. The fraction of sp³-hybridized carbons (Fsp3) is 0. The molecule has 0 aliphatic carbocycles. The molecule has 6 nitrogen and oxygen atoms in total. The molecule has 0 saturated carbocycles. The largest absolute Gasteiger partial charge is 0.457 e. The molecule has 0 saturated heterocycles. The molecule has 0 fully saturated rings. The molecule has 1 amide bonds. The summed E-state index contributed by atoms with van der Waals surface area (Å²) in [5, 5.41) is 3.49. The second kappa shape index (κ2) is 8.53. The Hall–Kier alpha value is -4.16. The van der Waals surface area contributed by atoms with Crippen molar-refractivity contribution in [2.24, 2.45) is 0 Å². The predicted octanol–water partition coefficient (Wildman–Crippen LogP) is 6.46. The average molecular weight is 442 g/mol. The van der Waals surface area contributed by atoms with Gasteiger partial charge in [-0.3, -0.25) is 9.78 Å². The van der Waals surface area contributed by atoms with E-state index in [0.29, 0.717) is 39.2 Å². The van der Waals surface area contributed by atoms with Crippen LogP contribution in [-0.2, 0) is 4.79 Å². The Morgan fingerprint density at radius 3 is 2.53 bits per heavy atom. The summed E-state index contributed by atoms with van der Waals surface area (Å²) >= 11 is 5.92. The van der Waals surface area contributed by atoms with Crippen LogP contribution in [0.1, 0.15) is 5.76 Å². The molecule has 0 aliphatic rings. The SMILES string of the molecule is O=C(/C=C/c1ccc(-c2ccc(Cl)cc2)o1)Nc1ccc2oc(-c3ccncc3)nc2c1. The monoisotopic (exact) mass is 441 g/mol. The number of amides is 1. The average Bonchev–Trinajstić information content (AvgIpc) is 3.46. The van der Waals surface area contributed by atoms with E-state index >= 15 is 0 Å². The van der Waals surface area contributed by atoms with Crippen molar-refractivity contribution in [1.29, 1.82) is 0 Å². The van der Waals surface area contributed by atoms with Crippen LogP contribution >= 0.6 is 11.6 Å². The summed E-state index contributed by atoms with van der Waals surface area (Å²) < 4.78 is 11.6. The lowest BCUT2D eigenvalue weighted by Gasteiger charge is -2.00. The smallest absolute Gasteiger partial charge is 0.248 e. The third kappa shape index (κ3) is 4.31. The van der Waals surface area contributed by atoms with E-state index in [1.165, 1.54) is 6.08 Å². The number of carbonyl (C=O) groups excluding carboxylic acids is 1. The Labute approximate surface area is 188 Å². The Morgan fingerprint density at radius 2 is 1.72 bits per heavy atom. The highest BCUT2D eigenvalue weighted by molar-refractivity contribution is 6.30. The molecule has 3 heterocycles. The Bertz CT molecular complexity index is 1420. The van der Waals surface area contributed by atoms with Gasteiger partial charge in [0.15, 0.2) is 5.58 Å². The predicted molar refractivity (Wildman–Crippen MR) is 124 cm³/mol. The summed E-state index contributed by atoms with van der Waals surface area (Å²) in [5.41, 5.74) is 3.64. The molecule has 0 aliphatic heterocycles. The number of hydrogen-bond acceptors (Lipinski definition) is 5. The fourth-order valence-corrected chi connectivity index (χ4v) is 3.30. The second-order valence-electron chi connectivity index (χ2n) is 6.97. The van der Waals surface area contributed by atoms with Gasteiger partial charge in [0.25, 0.3) is 0 Å². The van der Waals surface area contributed by atoms with Crippen LogP contribution in [-0.4, -0.2) is 15.9 Å². The first-order valence-corrected chi connectivity index (χ1v) is 10.2. The number of rotatable bonds is 5. The molecule has 2 aromatic carbocycles. The first-order valence-electron chi connectivity index (χ1n) is 9.80. The number of fused-ring (bicyclic) bond motifs is 1. The number of carbonyl (C=O) groups is 1. The van der Waals surface area contributed by atoms with E-state index in [1.54, 1.807) is 54.9 Å². The Morgan fingerprint density at radius 1 is 0.906 bits per heavy atom. The minimum Gasteiger partial charge on any atom is -0.457 e. The molecular formula is C25H16ClN3O3. The molecule has 0 unspecified atom stereocenters. The third-order valence-corrected chi connectivity index (χ3v) is 4.99. The summed E-state index contributed by atoms with van der Waals surface area (Å²) in [6.45, 7) is 0. The highest BCUT2D eigenvalue weighted by atomic mass is 35.5. The summed E-state index contributed by atoms with van der Waals surface area (Å²) in [7, 11) is 0. The maximum absolute atomic E-state index is 12.4. The van der Waals surface area contributed by atoms with Crippen molar-refractivity contribution >= 4 is 40.4 Å². The van der Waals surface area contributed by atoms with E-state index in [1.807, 2.05) is 30.3 Å². The summed E-state index contributed by atoms with van der Waals surface area (Å²) in [6, 6.07) is 20.0. The second-order valence-corrected chi connectivity index (χ2v) is 7.41. The molecule has 0 radical (unpaired) electrons. The van der Waals surface area contributed by atoms with Crippen molar-refractivity contribution < 1.29 is 13.6 Å². The molecule has 0 atom stereocenters. The minimum absolute atomic E-state index is 0.286.